The molecule has 106 valence electrons. The van der Waals surface area contributed by atoms with Crippen LogP contribution in [0.2, 0.25) is 0 Å². The largest absolute Gasteiger partial charge is 0.365 e. The van der Waals surface area contributed by atoms with Crippen LogP contribution in [0, 0.1) is 0 Å². The van der Waals surface area contributed by atoms with Crippen molar-refractivity contribution in [1.82, 2.24) is 10.2 Å². The number of rotatable bonds is 4. The van der Waals surface area contributed by atoms with E-state index in [1.54, 1.807) is 0 Å². The van der Waals surface area contributed by atoms with Gasteiger partial charge in [-0.1, -0.05) is 26.0 Å². The Labute approximate surface area is 117 Å². The van der Waals surface area contributed by atoms with Gasteiger partial charge < -0.3 is 15.1 Å². The van der Waals surface area contributed by atoms with Crippen molar-refractivity contribution >= 4 is 5.69 Å². The third-order valence-corrected chi connectivity index (χ3v) is 4.02. The topological polar surface area (TPSA) is 18.5 Å². The molecule has 3 nitrogen and oxygen atoms in total. The summed E-state index contributed by atoms with van der Waals surface area (Å²) in [7, 11) is 4.25. The van der Waals surface area contributed by atoms with E-state index in [4.69, 9.17) is 0 Å². The molecule has 19 heavy (non-hydrogen) atoms. The van der Waals surface area contributed by atoms with E-state index >= 15 is 0 Å². The lowest BCUT2D eigenvalue weighted by atomic mass is 10.0. The molecule has 0 aliphatic carbocycles. The van der Waals surface area contributed by atoms with Gasteiger partial charge in [-0.25, -0.2) is 0 Å². The number of hydrogen-bond donors (Lipinski definition) is 1. The third-order valence-electron chi connectivity index (χ3n) is 4.02. The smallest absolute Gasteiger partial charge is 0.0541 e. The van der Waals surface area contributed by atoms with E-state index in [0.717, 1.165) is 26.2 Å². The second-order valence-electron chi connectivity index (χ2n) is 5.91. The molecule has 1 aliphatic rings. The fraction of sp³-hybridized carbons (Fsp3) is 0.625. The van der Waals surface area contributed by atoms with Crippen molar-refractivity contribution in [3.05, 3.63) is 29.8 Å². The molecule has 1 fully saturated rings. The minimum atomic E-state index is 0.564. The van der Waals surface area contributed by atoms with Gasteiger partial charge in [0.2, 0.25) is 0 Å². The zero-order chi connectivity index (χ0) is 13.8. The monoisotopic (exact) mass is 261 g/mol. The zero-order valence-corrected chi connectivity index (χ0v) is 12.7. The number of piperazine rings is 1. The molecule has 2 rings (SSSR count). The molecule has 1 atom stereocenters. The maximum absolute atomic E-state index is 3.32. The Kier molecular flexibility index (Phi) is 4.83. The average molecular weight is 261 g/mol. The minimum Gasteiger partial charge on any atom is -0.365 e. The SMILES string of the molecule is CNCC1CN(C)CCN1c1ccc(C(C)C)cc1. The second kappa shape index (κ2) is 6.40. The molecule has 1 N–H and O–H groups in total. The first kappa shape index (κ1) is 14.4. The van der Waals surface area contributed by atoms with Crippen LogP contribution < -0.4 is 10.2 Å². The molecule has 0 spiro atoms. The van der Waals surface area contributed by atoms with Crippen molar-refractivity contribution in [2.75, 3.05) is 45.2 Å². The van der Waals surface area contributed by atoms with Gasteiger partial charge in [-0.05, 0) is 37.7 Å². The molecule has 0 amide bonds. The fourth-order valence-corrected chi connectivity index (χ4v) is 2.81. The maximum Gasteiger partial charge on any atom is 0.0541 e. The molecule has 0 saturated carbocycles. The van der Waals surface area contributed by atoms with Crippen LogP contribution in [0.5, 0.6) is 0 Å². The Morgan fingerprint density at radius 3 is 2.47 bits per heavy atom. The average Bonchev–Trinajstić information content (AvgIpc) is 2.39. The highest BCUT2D eigenvalue weighted by atomic mass is 15.3. The van der Waals surface area contributed by atoms with Gasteiger partial charge in [-0.3, -0.25) is 0 Å². The van der Waals surface area contributed by atoms with Crippen LogP contribution in [-0.4, -0.2) is 51.2 Å². The number of benzene rings is 1. The van der Waals surface area contributed by atoms with Crippen molar-refractivity contribution in [3.63, 3.8) is 0 Å². The molecule has 1 aromatic rings. The number of nitrogens with zero attached hydrogens (tertiary/aromatic N) is 2. The molecular weight excluding hydrogens is 234 g/mol. The van der Waals surface area contributed by atoms with Gasteiger partial charge >= 0.3 is 0 Å². The predicted octanol–water partition coefficient (Wildman–Crippen LogP) is 2.15. The van der Waals surface area contributed by atoms with E-state index in [9.17, 15) is 0 Å². The second-order valence-corrected chi connectivity index (χ2v) is 5.91. The van der Waals surface area contributed by atoms with E-state index in [-0.39, 0.29) is 0 Å². The van der Waals surface area contributed by atoms with Crippen molar-refractivity contribution < 1.29 is 0 Å². The number of hydrogen-bond acceptors (Lipinski definition) is 3. The Hall–Kier alpha value is -1.06. The van der Waals surface area contributed by atoms with Gasteiger partial charge in [0.1, 0.15) is 0 Å². The number of likely N-dealkylation sites (N-methyl/N-ethyl adjacent to an activating group) is 2. The lowest BCUT2D eigenvalue weighted by molar-refractivity contribution is 0.265. The van der Waals surface area contributed by atoms with Crippen molar-refractivity contribution in [1.29, 1.82) is 0 Å². The van der Waals surface area contributed by atoms with Crippen LogP contribution in [0.15, 0.2) is 24.3 Å². The van der Waals surface area contributed by atoms with Crippen LogP contribution in [0.4, 0.5) is 5.69 Å². The summed E-state index contributed by atoms with van der Waals surface area (Å²) < 4.78 is 0. The third kappa shape index (κ3) is 3.48. The fourth-order valence-electron chi connectivity index (χ4n) is 2.81. The highest BCUT2D eigenvalue weighted by molar-refractivity contribution is 5.49. The van der Waals surface area contributed by atoms with E-state index in [2.05, 4.69) is 60.3 Å². The summed E-state index contributed by atoms with van der Waals surface area (Å²) in [5.41, 5.74) is 2.78. The van der Waals surface area contributed by atoms with Gasteiger partial charge in [0, 0.05) is 31.9 Å². The molecule has 0 radical (unpaired) electrons. The zero-order valence-electron chi connectivity index (χ0n) is 12.7. The summed E-state index contributed by atoms with van der Waals surface area (Å²) >= 11 is 0. The first-order valence-corrected chi connectivity index (χ1v) is 7.31. The van der Waals surface area contributed by atoms with Crippen LogP contribution >= 0.6 is 0 Å². The summed E-state index contributed by atoms with van der Waals surface area (Å²) in [6, 6.07) is 9.67. The van der Waals surface area contributed by atoms with E-state index in [0.29, 0.717) is 12.0 Å². The molecular formula is C16H27N3. The van der Waals surface area contributed by atoms with E-state index in [1.807, 2.05) is 7.05 Å². The summed E-state index contributed by atoms with van der Waals surface area (Å²) in [5.74, 6) is 0.606. The lowest BCUT2D eigenvalue weighted by Crippen LogP contribution is -2.55. The first-order valence-electron chi connectivity index (χ1n) is 7.31. The minimum absolute atomic E-state index is 0.564. The predicted molar refractivity (Wildman–Crippen MR) is 83.1 cm³/mol. The molecule has 1 aliphatic heterocycles. The first-order chi connectivity index (χ1) is 9.11. The van der Waals surface area contributed by atoms with Gasteiger partial charge in [0.05, 0.1) is 6.04 Å². The van der Waals surface area contributed by atoms with Crippen molar-refractivity contribution in [3.8, 4) is 0 Å². The van der Waals surface area contributed by atoms with Gasteiger partial charge in [-0.2, -0.15) is 0 Å². The Balaban J connectivity index is 2.13. The highest BCUT2D eigenvalue weighted by Gasteiger charge is 2.24. The van der Waals surface area contributed by atoms with Crippen LogP contribution in [0.25, 0.3) is 0 Å². The number of anilines is 1. The summed E-state index contributed by atoms with van der Waals surface area (Å²) in [4.78, 5) is 4.96. The van der Waals surface area contributed by atoms with E-state index in [1.165, 1.54) is 11.3 Å². The summed E-state index contributed by atoms with van der Waals surface area (Å²) in [6.07, 6.45) is 0. The quantitative estimate of drug-likeness (QED) is 0.896. The molecule has 0 bridgehead atoms. The van der Waals surface area contributed by atoms with Crippen LogP contribution in [0.1, 0.15) is 25.3 Å². The molecule has 3 heteroatoms. The maximum atomic E-state index is 3.32. The van der Waals surface area contributed by atoms with Crippen LogP contribution in [-0.2, 0) is 0 Å². The van der Waals surface area contributed by atoms with Gasteiger partial charge in [0.25, 0.3) is 0 Å². The Morgan fingerprint density at radius 2 is 1.89 bits per heavy atom. The van der Waals surface area contributed by atoms with Crippen LogP contribution in [0.3, 0.4) is 0 Å². The molecule has 1 aromatic carbocycles. The lowest BCUT2D eigenvalue weighted by Gasteiger charge is -2.41. The molecule has 1 heterocycles. The Bertz CT molecular complexity index is 385. The Morgan fingerprint density at radius 1 is 1.21 bits per heavy atom. The summed E-state index contributed by atoms with van der Waals surface area (Å²) in [5, 5.41) is 3.32. The van der Waals surface area contributed by atoms with Crippen molar-refractivity contribution in [2.24, 2.45) is 0 Å². The standard InChI is InChI=1S/C16H27N3/c1-13(2)14-5-7-15(8-6-14)19-10-9-18(4)12-16(19)11-17-3/h5-8,13,16-17H,9-12H2,1-4H3. The van der Waals surface area contributed by atoms with Gasteiger partial charge in [-0.15, -0.1) is 0 Å². The molecule has 1 unspecified atom stereocenters. The molecule has 1 saturated heterocycles. The summed E-state index contributed by atoms with van der Waals surface area (Å²) in [6.45, 7) is 8.92. The van der Waals surface area contributed by atoms with E-state index < -0.39 is 0 Å². The van der Waals surface area contributed by atoms with Crippen molar-refractivity contribution in [2.45, 2.75) is 25.8 Å². The highest BCUT2D eigenvalue weighted by Crippen LogP contribution is 2.23. The number of nitrogens with one attached hydrogen (secondary N) is 1. The normalized spacial score (nSPS) is 21.1. The molecule has 0 aromatic heterocycles. The van der Waals surface area contributed by atoms with Gasteiger partial charge in [0.15, 0.2) is 0 Å².